The fourth-order valence-corrected chi connectivity index (χ4v) is 2.70. The molecule has 0 radical (unpaired) electrons. The van der Waals surface area contributed by atoms with Gasteiger partial charge in [0.25, 0.3) is 0 Å². The minimum absolute atomic E-state index is 0.398. The van der Waals surface area contributed by atoms with Crippen LogP contribution >= 0.6 is 11.6 Å². The molecule has 0 saturated carbocycles. The number of alkyl halides is 1. The number of nitrogens with zero attached hydrogens (tertiary/aromatic N) is 3. The summed E-state index contributed by atoms with van der Waals surface area (Å²) in [5.74, 6) is 0.647. The van der Waals surface area contributed by atoms with Gasteiger partial charge in [-0.05, 0) is 18.1 Å². The molecule has 0 saturated heterocycles. The minimum Gasteiger partial charge on any atom is -0.494 e. The van der Waals surface area contributed by atoms with Gasteiger partial charge in [0.05, 0.1) is 12.3 Å². The third-order valence-corrected chi connectivity index (χ3v) is 4.12. The van der Waals surface area contributed by atoms with Crippen molar-refractivity contribution in [1.29, 1.82) is 0 Å². The molecule has 0 amide bonds. The predicted octanol–water partition coefficient (Wildman–Crippen LogP) is 3.99. The largest absolute Gasteiger partial charge is 0.494 e. The van der Waals surface area contributed by atoms with Crippen LogP contribution in [0, 0.1) is 0 Å². The lowest BCUT2D eigenvalue weighted by atomic mass is 10.1. The monoisotopic (exact) mass is 331 g/mol. The first kappa shape index (κ1) is 17.3. The van der Waals surface area contributed by atoms with Crippen molar-refractivity contribution in [3.8, 4) is 0 Å². The van der Waals surface area contributed by atoms with E-state index in [4.69, 9.17) is 21.9 Å². The van der Waals surface area contributed by atoms with E-state index in [1.165, 1.54) is 5.56 Å². The minimum atomic E-state index is -0.574. The molecular weight excluding hydrogens is 310 g/mol. The molecule has 0 bridgehead atoms. The van der Waals surface area contributed by atoms with Crippen molar-refractivity contribution in [3.63, 3.8) is 0 Å². The highest BCUT2D eigenvalue weighted by molar-refractivity contribution is 6.35. The molecule has 122 valence electrons. The highest BCUT2D eigenvalue weighted by atomic mass is 35.5. The van der Waals surface area contributed by atoms with Crippen LogP contribution < -0.4 is 0 Å². The van der Waals surface area contributed by atoms with Crippen molar-refractivity contribution >= 4 is 17.3 Å². The normalized spacial score (nSPS) is 17.2. The smallest absolute Gasteiger partial charge is 0.317 e. The zero-order valence-electron chi connectivity index (χ0n) is 13.6. The number of benzene rings is 1. The van der Waals surface area contributed by atoms with Crippen LogP contribution in [0.3, 0.4) is 0 Å². The highest BCUT2D eigenvalue weighted by Gasteiger charge is 2.32. The van der Waals surface area contributed by atoms with E-state index in [1.807, 2.05) is 31.3 Å². The average Bonchev–Trinajstić information content (AvgIpc) is 2.57. The first-order valence-electron chi connectivity index (χ1n) is 7.83. The maximum absolute atomic E-state index is 9.07. The summed E-state index contributed by atoms with van der Waals surface area (Å²) in [6.07, 6.45) is 5.61. The van der Waals surface area contributed by atoms with Crippen LogP contribution in [0.1, 0.15) is 25.3 Å². The summed E-state index contributed by atoms with van der Waals surface area (Å²) in [7, 11) is 2.00. The van der Waals surface area contributed by atoms with Gasteiger partial charge in [-0.15, -0.1) is 11.6 Å². The van der Waals surface area contributed by atoms with Crippen LogP contribution in [0.2, 0.25) is 0 Å². The molecule has 2 rings (SSSR count). The Morgan fingerprint density at radius 3 is 2.65 bits per heavy atom. The van der Waals surface area contributed by atoms with Crippen LogP contribution in [0.25, 0.3) is 5.53 Å². The fraction of sp³-hybridized carbons (Fsp3) is 0.389. The second kappa shape index (κ2) is 8.56. The SMILES string of the molecule is CCCCOC1=C(N(C)Cc2ccccc2)C=CC(=[N+]=[N-])C1Cl. The molecule has 23 heavy (non-hydrogen) atoms. The molecule has 0 aromatic heterocycles. The second-order valence-electron chi connectivity index (χ2n) is 5.51. The maximum atomic E-state index is 9.07. The van der Waals surface area contributed by atoms with Crippen LogP contribution in [0.5, 0.6) is 0 Å². The second-order valence-corrected chi connectivity index (χ2v) is 5.95. The molecule has 1 aromatic rings. The van der Waals surface area contributed by atoms with Gasteiger partial charge in [-0.3, -0.25) is 0 Å². The Hall–Kier alpha value is -2.03. The first-order chi connectivity index (χ1) is 11.2. The van der Waals surface area contributed by atoms with Crippen molar-refractivity contribution in [1.82, 2.24) is 4.90 Å². The quantitative estimate of drug-likeness (QED) is 0.328. The van der Waals surface area contributed by atoms with E-state index in [2.05, 4.69) is 28.7 Å². The standard InChI is InChI=1S/C18H22ClN3O/c1-3-4-12-23-18-16(11-10-15(21-20)17(18)19)22(2)13-14-8-6-5-7-9-14/h5-11,17H,3-4,12-13H2,1-2H3. The number of rotatable bonds is 7. The molecule has 0 fully saturated rings. The lowest BCUT2D eigenvalue weighted by Gasteiger charge is -2.26. The van der Waals surface area contributed by atoms with Crippen LogP contribution in [0.15, 0.2) is 53.9 Å². The van der Waals surface area contributed by atoms with Gasteiger partial charge < -0.3 is 15.2 Å². The van der Waals surface area contributed by atoms with Gasteiger partial charge in [-0.25, -0.2) is 0 Å². The summed E-state index contributed by atoms with van der Waals surface area (Å²) in [5, 5.41) is -0.574. The molecule has 1 aliphatic rings. The highest BCUT2D eigenvalue weighted by Crippen LogP contribution is 2.26. The van der Waals surface area contributed by atoms with E-state index in [1.54, 1.807) is 6.08 Å². The molecule has 0 heterocycles. The van der Waals surface area contributed by atoms with Crippen molar-refractivity contribution < 1.29 is 9.53 Å². The summed E-state index contributed by atoms with van der Waals surface area (Å²) in [6.45, 7) is 3.46. The molecule has 4 nitrogen and oxygen atoms in total. The number of allylic oxidation sites excluding steroid dienone is 3. The van der Waals surface area contributed by atoms with Crippen LogP contribution in [-0.4, -0.2) is 34.4 Å². The van der Waals surface area contributed by atoms with Gasteiger partial charge in [0.1, 0.15) is 5.76 Å². The molecule has 1 unspecified atom stereocenters. The Morgan fingerprint density at radius 1 is 1.26 bits per heavy atom. The van der Waals surface area contributed by atoms with Crippen molar-refractivity contribution in [2.24, 2.45) is 0 Å². The summed E-state index contributed by atoms with van der Waals surface area (Å²) in [4.78, 5) is 5.34. The van der Waals surface area contributed by atoms with E-state index < -0.39 is 5.38 Å². The van der Waals surface area contributed by atoms with Gasteiger partial charge in [-0.2, -0.15) is 4.79 Å². The number of halogens is 1. The molecule has 1 atom stereocenters. The fourth-order valence-electron chi connectivity index (χ4n) is 2.41. The van der Waals surface area contributed by atoms with E-state index >= 15 is 0 Å². The van der Waals surface area contributed by atoms with Gasteiger partial charge in [0, 0.05) is 19.7 Å². The molecule has 1 aromatic carbocycles. The molecule has 1 aliphatic carbocycles. The van der Waals surface area contributed by atoms with E-state index in [0.717, 1.165) is 25.1 Å². The molecular formula is C18H22ClN3O. The zero-order chi connectivity index (χ0) is 16.7. The predicted molar refractivity (Wildman–Crippen MR) is 93.2 cm³/mol. The summed E-state index contributed by atoms with van der Waals surface area (Å²) >= 11 is 6.42. The summed E-state index contributed by atoms with van der Waals surface area (Å²) in [6, 6.07) is 10.2. The molecule has 5 heteroatoms. The van der Waals surface area contributed by atoms with E-state index in [9.17, 15) is 0 Å². The van der Waals surface area contributed by atoms with Crippen molar-refractivity contribution in [3.05, 3.63) is 65.0 Å². The number of hydrogen-bond acceptors (Lipinski definition) is 2. The first-order valence-corrected chi connectivity index (χ1v) is 8.27. The van der Waals surface area contributed by atoms with Crippen molar-refractivity contribution in [2.75, 3.05) is 13.7 Å². The lowest BCUT2D eigenvalue weighted by molar-refractivity contribution is -0.00676. The van der Waals surface area contributed by atoms with Gasteiger partial charge in [0.2, 0.25) is 0 Å². The van der Waals surface area contributed by atoms with Crippen LogP contribution in [0.4, 0.5) is 0 Å². The third kappa shape index (κ3) is 4.47. The zero-order valence-corrected chi connectivity index (χ0v) is 14.3. The Bertz CT molecular complexity index is 633. The number of ether oxygens (including phenoxy) is 1. The average molecular weight is 332 g/mol. The molecule has 0 aliphatic heterocycles. The van der Waals surface area contributed by atoms with Crippen LogP contribution in [-0.2, 0) is 11.3 Å². The maximum Gasteiger partial charge on any atom is 0.317 e. The lowest BCUT2D eigenvalue weighted by Crippen LogP contribution is -2.29. The van der Waals surface area contributed by atoms with Gasteiger partial charge in [-0.1, -0.05) is 43.7 Å². The number of hydrogen-bond donors (Lipinski definition) is 0. The molecule has 0 spiro atoms. The Balaban J connectivity index is 2.23. The Labute approximate surface area is 142 Å². The van der Waals surface area contributed by atoms with E-state index in [0.29, 0.717) is 18.1 Å². The molecule has 0 N–H and O–H groups in total. The van der Waals surface area contributed by atoms with Gasteiger partial charge >= 0.3 is 5.71 Å². The van der Waals surface area contributed by atoms with Gasteiger partial charge in [0.15, 0.2) is 5.38 Å². The van der Waals surface area contributed by atoms with Crippen molar-refractivity contribution in [2.45, 2.75) is 31.7 Å². The Kier molecular flexibility index (Phi) is 6.45. The summed E-state index contributed by atoms with van der Waals surface area (Å²) < 4.78 is 5.90. The summed E-state index contributed by atoms with van der Waals surface area (Å²) in [5.41, 5.74) is 11.6. The number of likely N-dealkylation sites (N-methyl/N-ethyl adjacent to an activating group) is 1. The topological polar surface area (TPSA) is 48.9 Å². The third-order valence-electron chi connectivity index (χ3n) is 3.70. The Morgan fingerprint density at radius 2 is 2.00 bits per heavy atom. The van der Waals surface area contributed by atoms with E-state index in [-0.39, 0.29) is 0 Å². The number of unbranched alkanes of at least 4 members (excludes halogenated alkanes) is 1.